The highest BCUT2D eigenvalue weighted by molar-refractivity contribution is 7.88. The van der Waals surface area contributed by atoms with Crippen molar-refractivity contribution in [1.82, 2.24) is 0 Å². The van der Waals surface area contributed by atoms with Crippen LogP contribution >= 0.6 is 0 Å². The van der Waals surface area contributed by atoms with Gasteiger partial charge in [-0.2, -0.15) is 34.8 Å². The summed E-state index contributed by atoms with van der Waals surface area (Å²) in [6.45, 7) is 0. The highest BCUT2D eigenvalue weighted by atomic mass is 32.2. The normalized spacial score (nSPS) is 36.7. The largest absolute Gasteiger partial charge is 0.457 e. The van der Waals surface area contributed by atoms with Crippen LogP contribution in [-0.4, -0.2) is 52.3 Å². The van der Waals surface area contributed by atoms with Crippen molar-refractivity contribution in [3.63, 3.8) is 0 Å². The van der Waals surface area contributed by atoms with Crippen LogP contribution in [-0.2, 0) is 19.6 Å². The van der Waals surface area contributed by atoms with E-state index in [0.29, 0.717) is 6.42 Å². The fraction of sp³-hybridized carbons (Fsp3) is 0.929. The second-order valence-electron chi connectivity index (χ2n) is 7.91. The highest BCUT2D eigenvalue weighted by Gasteiger charge is 2.85. The molecule has 0 saturated heterocycles. The standard InChI is InChI=1S/C14H16F6O6S/c15-13(16,17)12(14(18,19)20,27(23,24)25)9(21)26-11-4-7-1-8(5-11)3-10(22,2-7)6-11/h7-8,22H,1-6H2,(H,23,24,25). The van der Waals surface area contributed by atoms with Crippen LogP contribution in [0.5, 0.6) is 0 Å². The maximum atomic E-state index is 13.2. The molecule has 4 fully saturated rings. The van der Waals surface area contributed by atoms with Crippen LogP contribution in [0.2, 0.25) is 0 Å². The lowest BCUT2D eigenvalue weighted by Gasteiger charge is -2.59. The lowest BCUT2D eigenvalue weighted by atomic mass is 9.52. The van der Waals surface area contributed by atoms with Crippen LogP contribution in [0, 0.1) is 11.8 Å². The van der Waals surface area contributed by atoms with E-state index in [1.807, 2.05) is 0 Å². The Morgan fingerprint density at radius 1 is 0.963 bits per heavy atom. The van der Waals surface area contributed by atoms with E-state index >= 15 is 0 Å². The van der Waals surface area contributed by atoms with Crippen LogP contribution in [0.4, 0.5) is 26.3 Å². The van der Waals surface area contributed by atoms with Gasteiger partial charge < -0.3 is 9.84 Å². The van der Waals surface area contributed by atoms with Gasteiger partial charge in [-0.15, -0.1) is 0 Å². The number of rotatable bonds is 3. The zero-order chi connectivity index (χ0) is 20.7. The van der Waals surface area contributed by atoms with E-state index in [0.717, 1.165) is 0 Å². The van der Waals surface area contributed by atoms with Gasteiger partial charge in [0.1, 0.15) is 5.60 Å². The molecule has 0 aromatic rings. The fourth-order valence-electron chi connectivity index (χ4n) is 5.31. The Labute approximate surface area is 149 Å². The number of carbonyl (C=O) groups is 1. The summed E-state index contributed by atoms with van der Waals surface area (Å²) in [5, 5.41) is 10.5. The van der Waals surface area contributed by atoms with Crippen molar-refractivity contribution in [2.45, 2.75) is 66.8 Å². The van der Waals surface area contributed by atoms with Crippen LogP contribution in [0.15, 0.2) is 0 Å². The Hall–Kier alpha value is -1.08. The maximum absolute atomic E-state index is 13.2. The Balaban J connectivity index is 2.04. The second-order valence-corrected chi connectivity index (χ2v) is 9.47. The van der Waals surface area contributed by atoms with Crippen molar-refractivity contribution in [3.8, 4) is 0 Å². The number of halogens is 6. The molecule has 4 aliphatic rings. The SMILES string of the molecule is O=C(OC12CC3CC(CC(O)(C3)C1)C2)C(C(F)(F)F)(C(F)(F)F)S(=O)(=O)O. The van der Waals surface area contributed by atoms with Crippen LogP contribution in [0.3, 0.4) is 0 Å². The average Bonchev–Trinajstić information content (AvgIpc) is 2.27. The molecule has 6 nitrogen and oxygen atoms in total. The maximum Gasteiger partial charge on any atom is 0.430 e. The van der Waals surface area contributed by atoms with Crippen molar-refractivity contribution in [2.24, 2.45) is 11.8 Å². The molecule has 0 aliphatic heterocycles. The first-order valence-corrected chi connectivity index (χ1v) is 9.45. The topological polar surface area (TPSA) is 101 Å². The molecule has 0 amide bonds. The van der Waals surface area contributed by atoms with Crippen molar-refractivity contribution < 1.29 is 54.0 Å². The molecule has 2 atom stereocenters. The third kappa shape index (κ3) is 2.92. The van der Waals surface area contributed by atoms with Crippen molar-refractivity contribution in [3.05, 3.63) is 0 Å². The molecule has 4 rings (SSSR count). The summed E-state index contributed by atoms with van der Waals surface area (Å²) in [7, 11) is -7.03. The first kappa shape index (κ1) is 20.6. The molecular weight excluding hydrogens is 410 g/mol. The summed E-state index contributed by atoms with van der Waals surface area (Å²) < 4.78 is 109. The Morgan fingerprint density at radius 2 is 1.41 bits per heavy atom. The quantitative estimate of drug-likeness (QED) is 0.408. The molecule has 4 aliphatic carbocycles. The zero-order valence-electron chi connectivity index (χ0n) is 13.6. The molecule has 0 radical (unpaired) electrons. The van der Waals surface area contributed by atoms with E-state index in [1.54, 1.807) is 0 Å². The van der Waals surface area contributed by atoms with E-state index in [-0.39, 0.29) is 43.9 Å². The van der Waals surface area contributed by atoms with Crippen molar-refractivity contribution in [2.75, 3.05) is 0 Å². The van der Waals surface area contributed by atoms with Gasteiger partial charge in [0.2, 0.25) is 0 Å². The van der Waals surface area contributed by atoms with Gasteiger partial charge in [0.05, 0.1) is 5.60 Å². The van der Waals surface area contributed by atoms with Gasteiger partial charge in [0.25, 0.3) is 0 Å². The van der Waals surface area contributed by atoms with Gasteiger partial charge >= 0.3 is 33.2 Å². The molecule has 4 saturated carbocycles. The minimum Gasteiger partial charge on any atom is -0.457 e. The van der Waals surface area contributed by atoms with E-state index < -0.39 is 44.4 Å². The third-order valence-electron chi connectivity index (χ3n) is 5.76. The number of hydrogen-bond donors (Lipinski definition) is 2. The Kier molecular flexibility index (Phi) is 4.21. The van der Waals surface area contributed by atoms with Gasteiger partial charge in [-0.1, -0.05) is 0 Å². The molecule has 2 unspecified atom stereocenters. The number of aliphatic hydroxyl groups is 1. The Bertz CT molecular complexity index is 729. The van der Waals surface area contributed by atoms with E-state index in [9.17, 15) is 44.7 Å². The van der Waals surface area contributed by atoms with Crippen LogP contribution < -0.4 is 0 Å². The van der Waals surface area contributed by atoms with Gasteiger partial charge in [0.15, 0.2) is 0 Å². The molecule has 0 spiro atoms. The summed E-state index contributed by atoms with van der Waals surface area (Å²) in [6.07, 6.45) is -12.8. The summed E-state index contributed by atoms with van der Waals surface area (Å²) in [5.74, 6) is -3.67. The molecule has 13 heteroatoms. The predicted octanol–water partition coefficient (Wildman–Crippen LogP) is 2.36. The number of alkyl halides is 6. The molecular formula is C14H16F6O6S. The van der Waals surface area contributed by atoms with Crippen molar-refractivity contribution >= 4 is 16.1 Å². The van der Waals surface area contributed by atoms with Gasteiger partial charge in [-0.05, 0) is 43.9 Å². The second kappa shape index (κ2) is 5.50. The number of ether oxygens (including phenoxy) is 1. The zero-order valence-corrected chi connectivity index (χ0v) is 14.4. The average molecular weight is 426 g/mol. The molecule has 0 aromatic carbocycles. The summed E-state index contributed by atoms with van der Waals surface area (Å²) in [5.41, 5.74) is -3.22. The van der Waals surface area contributed by atoms with Gasteiger partial charge in [-0.3, -0.25) is 4.55 Å². The van der Waals surface area contributed by atoms with E-state index in [4.69, 9.17) is 4.55 Å². The lowest BCUT2D eigenvalue weighted by Crippen LogP contribution is -2.69. The minimum atomic E-state index is -7.03. The smallest absolute Gasteiger partial charge is 0.430 e. The first-order valence-electron chi connectivity index (χ1n) is 8.01. The molecule has 4 bridgehead atoms. The van der Waals surface area contributed by atoms with Crippen LogP contribution in [0.25, 0.3) is 0 Å². The predicted molar refractivity (Wildman–Crippen MR) is 74.8 cm³/mol. The van der Waals surface area contributed by atoms with Crippen molar-refractivity contribution in [1.29, 1.82) is 0 Å². The summed E-state index contributed by atoms with van der Waals surface area (Å²) in [6, 6.07) is 0. The van der Waals surface area contributed by atoms with E-state index in [1.165, 1.54) is 0 Å². The van der Waals surface area contributed by atoms with Gasteiger partial charge in [-0.25, -0.2) is 4.79 Å². The minimum absolute atomic E-state index is 0.0746. The summed E-state index contributed by atoms with van der Waals surface area (Å²) in [4.78, 5) is 12.1. The number of carbonyl (C=O) groups excluding carboxylic acids is 1. The molecule has 156 valence electrons. The van der Waals surface area contributed by atoms with Gasteiger partial charge in [0, 0.05) is 6.42 Å². The molecule has 0 aromatic heterocycles. The number of esters is 1. The molecule has 0 heterocycles. The third-order valence-corrected chi connectivity index (χ3v) is 7.16. The van der Waals surface area contributed by atoms with Crippen LogP contribution in [0.1, 0.15) is 38.5 Å². The highest BCUT2D eigenvalue weighted by Crippen LogP contribution is 2.60. The first-order chi connectivity index (χ1) is 11.9. The number of hydrogen-bond acceptors (Lipinski definition) is 5. The molecule has 2 N–H and O–H groups in total. The lowest BCUT2D eigenvalue weighted by molar-refractivity contribution is -0.280. The van der Waals surface area contributed by atoms with E-state index in [2.05, 4.69) is 4.74 Å². The Morgan fingerprint density at radius 3 is 1.74 bits per heavy atom. The summed E-state index contributed by atoms with van der Waals surface area (Å²) >= 11 is 0. The monoisotopic (exact) mass is 426 g/mol. The fourth-order valence-corrected chi connectivity index (χ4v) is 6.15. The molecule has 27 heavy (non-hydrogen) atoms.